The summed E-state index contributed by atoms with van der Waals surface area (Å²) in [6, 6.07) is 0. The summed E-state index contributed by atoms with van der Waals surface area (Å²) in [5, 5.41) is 41.1. The Morgan fingerprint density at radius 3 is 2.37 bits per heavy atom. The maximum Gasteiger partial charge on any atom is 0.313 e. The zero-order chi connectivity index (χ0) is 31.8. The van der Waals surface area contributed by atoms with E-state index in [-0.39, 0.29) is 46.1 Å². The number of aliphatic hydroxyl groups excluding tert-OH is 3. The van der Waals surface area contributed by atoms with Crippen LogP contribution in [0.1, 0.15) is 99.8 Å². The SMILES string of the molecule is CC(=O)[C@H](C)CC[C@@]1(C(=O)O)C=C2C=C[C@@H]3[C@@]4(C)CC[C@H](O[C@@H]5OC[C@H](O)[C@H](O)[C@H]5O)C(C)(C)[C@@H]4CC[C@@]3(C)[C@]2(C)CC1. The Balaban J connectivity index is 1.42. The molecule has 8 nitrogen and oxygen atoms in total. The summed E-state index contributed by atoms with van der Waals surface area (Å²) < 4.78 is 12.0. The van der Waals surface area contributed by atoms with Crippen molar-refractivity contribution in [2.75, 3.05) is 6.61 Å². The van der Waals surface area contributed by atoms with Gasteiger partial charge in [0.15, 0.2) is 6.29 Å². The van der Waals surface area contributed by atoms with E-state index in [4.69, 9.17) is 9.47 Å². The molecule has 242 valence electrons. The van der Waals surface area contributed by atoms with Crippen molar-refractivity contribution < 1.29 is 39.5 Å². The van der Waals surface area contributed by atoms with E-state index in [1.165, 1.54) is 0 Å². The molecular formula is C35H54O8. The fraction of sp³-hybridized carbons (Fsp3) is 0.829. The molecule has 43 heavy (non-hydrogen) atoms. The van der Waals surface area contributed by atoms with Crippen molar-refractivity contribution in [2.24, 2.45) is 44.8 Å². The quantitative estimate of drug-likeness (QED) is 0.298. The Bertz CT molecular complexity index is 1180. The predicted molar refractivity (Wildman–Crippen MR) is 162 cm³/mol. The molecule has 8 heteroatoms. The third-order valence-electron chi connectivity index (χ3n) is 13.6. The van der Waals surface area contributed by atoms with Crippen molar-refractivity contribution in [3.05, 3.63) is 23.8 Å². The number of carboxylic acid groups (broad SMARTS) is 1. The molecule has 12 atom stereocenters. The second kappa shape index (κ2) is 11.0. The van der Waals surface area contributed by atoms with Gasteiger partial charge in [0.05, 0.1) is 18.1 Å². The lowest BCUT2D eigenvalue weighted by Crippen LogP contribution is -2.64. The molecule has 0 aromatic heterocycles. The normalized spacial score (nSPS) is 47.9. The van der Waals surface area contributed by atoms with Gasteiger partial charge in [-0.2, -0.15) is 0 Å². The molecule has 0 unspecified atom stereocenters. The van der Waals surface area contributed by atoms with Crippen molar-refractivity contribution in [3.63, 3.8) is 0 Å². The van der Waals surface area contributed by atoms with Crippen LogP contribution in [0.25, 0.3) is 0 Å². The van der Waals surface area contributed by atoms with Gasteiger partial charge in [-0.25, -0.2) is 0 Å². The minimum absolute atomic E-state index is 0.00139. The molecule has 3 fully saturated rings. The van der Waals surface area contributed by atoms with Gasteiger partial charge >= 0.3 is 5.97 Å². The average Bonchev–Trinajstić information content (AvgIpc) is 2.93. The van der Waals surface area contributed by atoms with Crippen LogP contribution in [-0.2, 0) is 19.1 Å². The van der Waals surface area contributed by atoms with Crippen LogP contribution in [-0.4, -0.2) is 69.5 Å². The second-order valence-corrected chi connectivity index (χ2v) is 16.0. The zero-order valence-electron chi connectivity index (χ0n) is 27.1. The van der Waals surface area contributed by atoms with Crippen LogP contribution in [0.3, 0.4) is 0 Å². The number of aliphatic carboxylic acids is 1. The standard InChI is InChI=1S/C35H54O8/c1-20(21(2)36)10-15-35(30(40)41)17-16-33(6)22(18-35)8-9-25-32(5)13-12-26(31(3,4)24(32)11-14-34(25,33)7)43-29-28(39)27(38)23(37)19-42-29/h8-9,18,20,23-29,37-39H,10-17,19H2,1-7H3,(H,40,41)/t20-,23+,24+,25-,26+,27+,28-,29+,32+,33-,34-,35+/m1/s1. The van der Waals surface area contributed by atoms with E-state index in [0.717, 1.165) is 37.7 Å². The summed E-state index contributed by atoms with van der Waals surface area (Å²) in [6.07, 6.45) is 7.98. The topological polar surface area (TPSA) is 134 Å². The number of Topliss-reactive ketones (excluding diaryl/α,β-unsaturated/α-hetero) is 1. The number of carbonyl (C=O) groups excluding carboxylic acids is 1. The molecule has 1 aliphatic heterocycles. The molecule has 0 amide bonds. The maximum absolute atomic E-state index is 12.7. The highest BCUT2D eigenvalue weighted by molar-refractivity contribution is 5.79. The zero-order valence-corrected chi connectivity index (χ0v) is 27.1. The predicted octanol–water partition coefficient (Wildman–Crippen LogP) is 5.04. The number of carboxylic acids is 1. The van der Waals surface area contributed by atoms with Gasteiger partial charge < -0.3 is 29.9 Å². The molecule has 0 aromatic carbocycles. The Morgan fingerprint density at radius 2 is 1.72 bits per heavy atom. The average molecular weight is 603 g/mol. The minimum Gasteiger partial charge on any atom is -0.481 e. The first kappa shape index (κ1) is 32.8. The molecule has 0 spiro atoms. The highest BCUT2D eigenvalue weighted by Gasteiger charge is 2.66. The lowest BCUT2D eigenvalue weighted by atomic mass is 9.36. The Hall–Kier alpha value is -1.58. The number of ether oxygens (including phenoxy) is 2. The number of hydrogen-bond acceptors (Lipinski definition) is 7. The third kappa shape index (κ3) is 4.98. The molecule has 0 bridgehead atoms. The lowest BCUT2D eigenvalue weighted by Gasteiger charge is -2.69. The smallest absolute Gasteiger partial charge is 0.313 e. The van der Waals surface area contributed by atoms with E-state index in [2.05, 4.69) is 46.8 Å². The van der Waals surface area contributed by atoms with Crippen LogP contribution in [0.2, 0.25) is 0 Å². The molecule has 5 aliphatic rings. The van der Waals surface area contributed by atoms with Crippen LogP contribution in [0.15, 0.2) is 23.8 Å². The molecule has 4 aliphatic carbocycles. The van der Waals surface area contributed by atoms with E-state index in [0.29, 0.717) is 31.1 Å². The van der Waals surface area contributed by atoms with E-state index >= 15 is 0 Å². The summed E-state index contributed by atoms with van der Waals surface area (Å²) in [5.74, 6) is -0.169. The lowest BCUT2D eigenvalue weighted by molar-refractivity contribution is -0.306. The Labute approximate surface area is 256 Å². The summed E-state index contributed by atoms with van der Waals surface area (Å²) in [6.45, 7) is 15.1. The highest BCUT2D eigenvalue weighted by Crippen LogP contribution is 2.72. The molecule has 1 heterocycles. The van der Waals surface area contributed by atoms with Gasteiger partial charge in [0.2, 0.25) is 0 Å². The molecule has 2 saturated carbocycles. The second-order valence-electron chi connectivity index (χ2n) is 16.0. The number of carbonyl (C=O) groups is 2. The summed E-state index contributed by atoms with van der Waals surface area (Å²) in [5.41, 5.74) is -0.218. The first-order valence-electron chi connectivity index (χ1n) is 16.4. The fourth-order valence-electron chi connectivity index (χ4n) is 10.2. The number of ketones is 1. The highest BCUT2D eigenvalue weighted by atomic mass is 16.7. The minimum atomic E-state index is -1.30. The summed E-state index contributed by atoms with van der Waals surface area (Å²) >= 11 is 0. The summed E-state index contributed by atoms with van der Waals surface area (Å²) in [4.78, 5) is 24.6. The van der Waals surface area contributed by atoms with E-state index in [1.54, 1.807) is 6.92 Å². The number of rotatable bonds is 7. The number of aliphatic hydroxyl groups is 3. The van der Waals surface area contributed by atoms with Crippen LogP contribution in [0, 0.1) is 44.8 Å². The van der Waals surface area contributed by atoms with Crippen molar-refractivity contribution >= 4 is 11.8 Å². The van der Waals surface area contributed by atoms with Crippen molar-refractivity contribution in [1.82, 2.24) is 0 Å². The molecule has 0 radical (unpaired) electrons. The van der Waals surface area contributed by atoms with Gasteiger partial charge in [-0.15, -0.1) is 0 Å². The molecule has 4 N–H and O–H groups in total. The maximum atomic E-state index is 12.7. The van der Waals surface area contributed by atoms with Crippen LogP contribution >= 0.6 is 0 Å². The largest absolute Gasteiger partial charge is 0.481 e. The Kier molecular flexibility index (Phi) is 8.42. The number of allylic oxidation sites excluding steroid dienone is 3. The first-order valence-corrected chi connectivity index (χ1v) is 16.4. The van der Waals surface area contributed by atoms with Gasteiger partial charge in [-0.3, -0.25) is 9.59 Å². The molecule has 1 saturated heterocycles. The van der Waals surface area contributed by atoms with E-state index in [1.807, 2.05) is 13.0 Å². The number of fused-ring (bicyclic) bond motifs is 5. The van der Waals surface area contributed by atoms with Gasteiger partial charge in [0.1, 0.15) is 24.1 Å². The molecular weight excluding hydrogens is 548 g/mol. The van der Waals surface area contributed by atoms with Gasteiger partial charge in [-0.05, 0) is 97.4 Å². The van der Waals surface area contributed by atoms with Gasteiger partial charge in [0, 0.05) is 5.92 Å². The van der Waals surface area contributed by atoms with Crippen LogP contribution in [0.5, 0.6) is 0 Å². The van der Waals surface area contributed by atoms with E-state index in [9.17, 15) is 30.0 Å². The number of hydrogen-bond donors (Lipinski definition) is 4. The van der Waals surface area contributed by atoms with Crippen molar-refractivity contribution in [3.8, 4) is 0 Å². The van der Waals surface area contributed by atoms with Gasteiger partial charge in [-0.1, -0.05) is 59.8 Å². The third-order valence-corrected chi connectivity index (χ3v) is 13.6. The Morgan fingerprint density at radius 1 is 1.02 bits per heavy atom. The summed E-state index contributed by atoms with van der Waals surface area (Å²) in [7, 11) is 0. The monoisotopic (exact) mass is 602 g/mol. The first-order chi connectivity index (χ1) is 19.9. The van der Waals surface area contributed by atoms with Crippen molar-refractivity contribution in [2.45, 2.75) is 131 Å². The molecule has 0 aromatic rings. The van der Waals surface area contributed by atoms with E-state index < -0.39 is 36.0 Å². The van der Waals surface area contributed by atoms with Crippen LogP contribution in [0.4, 0.5) is 0 Å². The van der Waals surface area contributed by atoms with Crippen LogP contribution < -0.4 is 0 Å². The van der Waals surface area contributed by atoms with Crippen molar-refractivity contribution in [1.29, 1.82) is 0 Å². The fourth-order valence-corrected chi connectivity index (χ4v) is 10.2. The molecule has 5 rings (SSSR count). The van der Waals surface area contributed by atoms with Gasteiger partial charge in [0.25, 0.3) is 0 Å².